The van der Waals surface area contributed by atoms with Crippen LogP contribution in [0.5, 0.6) is 0 Å². The Bertz CT molecular complexity index is 1930. The van der Waals surface area contributed by atoms with Crippen molar-refractivity contribution >= 4 is 69.1 Å². The quantitative estimate of drug-likeness (QED) is 0.121. The minimum Gasteiger partial charge on any atom is -1.00 e. The zero-order valence-electron chi connectivity index (χ0n) is 23.6. The molecule has 208 valence electrons. The van der Waals surface area contributed by atoms with Gasteiger partial charge in [0.2, 0.25) is 0 Å². The summed E-state index contributed by atoms with van der Waals surface area (Å²) in [5, 5.41) is 10.5. The van der Waals surface area contributed by atoms with Crippen molar-refractivity contribution in [3.63, 3.8) is 0 Å². The Balaban J connectivity index is 0.000000163. The summed E-state index contributed by atoms with van der Waals surface area (Å²) in [7, 11) is -3.43. The maximum atomic E-state index is 11.4. The predicted molar refractivity (Wildman–Crippen MR) is 170 cm³/mol. The van der Waals surface area contributed by atoms with Crippen LogP contribution in [0, 0.1) is 0 Å². The molecule has 0 aromatic heterocycles. The molecule has 6 aromatic rings. The zero-order valence-corrected chi connectivity index (χ0v) is 27.6. The molecule has 0 radical (unpaired) electrons. The summed E-state index contributed by atoms with van der Waals surface area (Å²) in [6.45, 7) is 0. The Labute approximate surface area is 277 Å². The van der Waals surface area contributed by atoms with Gasteiger partial charge >= 0.3 is 18.9 Å². The molecule has 0 N–H and O–H groups in total. The molecule has 0 aliphatic heterocycles. The zero-order chi connectivity index (χ0) is 27.4. The van der Waals surface area contributed by atoms with Crippen LogP contribution in [0.4, 0.5) is 0 Å². The summed E-state index contributed by atoms with van der Waals surface area (Å²) in [6, 6.07) is 34.3. The SMILES string of the molecule is BrC1Cc2c(c3ccccc3c3ccccc23)C1.CS(=O)(=O)OC1Cc2c(c3ccccc3c3ccccc23)C1.[Br-].[Li+]. The number of hydrogen-bond acceptors (Lipinski definition) is 3. The standard InChI is InChI=1S/C18H16O3S.C17H13Br.BrH.Li/c1-22(19,20)21-12-10-17-15-8-4-2-6-13(15)14-7-3-5-9-16(14)18(17)11-12;18-11-9-16-14-7-3-1-5-12(14)13-6-2-4-8-15(13)17(16)10-11;;/h2-9,12H,10-11H2,1H3;1-8,11H,9-10H2;1H;/q;;;+1/p-1. The van der Waals surface area contributed by atoms with Crippen molar-refractivity contribution in [3.05, 3.63) is 119 Å². The van der Waals surface area contributed by atoms with E-state index < -0.39 is 10.1 Å². The smallest absolute Gasteiger partial charge is 1.00 e. The molecular formula is C35H29Br2LiO3S. The number of alkyl halides is 1. The first-order chi connectivity index (χ1) is 19.4. The number of rotatable bonds is 2. The molecule has 8 rings (SSSR count). The van der Waals surface area contributed by atoms with E-state index in [1.165, 1.54) is 54.2 Å². The topological polar surface area (TPSA) is 43.4 Å². The fourth-order valence-corrected chi connectivity index (χ4v) is 8.14. The van der Waals surface area contributed by atoms with Crippen molar-refractivity contribution in [1.29, 1.82) is 0 Å². The van der Waals surface area contributed by atoms with E-state index in [2.05, 4.69) is 88.7 Å². The average Bonchev–Trinajstić information content (AvgIpc) is 3.56. The van der Waals surface area contributed by atoms with Crippen molar-refractivity contribution in [3.8, 4) is 0 Å². The first-order valence-electron chi connectivity index (χ1n) is 13.7. The Morgan fingerprint density at radius 2 is 0.810 bits per heavy atom. The normalized spacial score (nSPS) is 14.7. The summed E-state index contributed by atoms with van der Waals surface area (Å²) in [5.41, 5.74) is 5.54. The molecule has 0 atom stereocenters. The van der Waals surface area contributed by atoms with E-state index in [0.717, 1.165) is 19.1 Å². The minimum atomic E-state index is -3.43. The molecule has 0 heterocycles. The Morgan fingerprint density at radius 3 is 1.10 bits per heavy atom. The van der Waals surface area contributed by atoms with Gasteiger partial charge in [0, 0.05) is 17.7 Å². The van der Waals surface area contributed by atoms with E-state index in [-0.39, 0.29) is 41.9 Å². The molecule has 2 aliphatic rings. The third kappa shape index (κ3) is 5.71. The first kappa shape index (κ1) is 31.3. The summed E-state index contributed by atoms with van der Waals surface area (Å²) < 4.78 is 28.1. The fraction of sp³-hybridized carbons (Fsp3) is 0.200. The van der Waals surface area contributed by atoms with Gasteiger partial charge in [-0.1, -0.05) is 113 Å². The molecule has 6 aromatic carbocycles. The second-order valence-electron chi connectivity index (χ2n) is 10.9. The molecule has 0 spiro atoms. The monoisotopic (exact) mass is 694 g/mol. The van der Waals surface area contributed by atoms with E-state index in [0.29, 0.717) is 17.7 Å². The first-order valence-corrected chi connectivity index (χ1v) is 16.5. The second-order valence-corrected chi connectivity index (χ2v) is 13.8. The van der Waals surface area contributed by atoms with Gasteiger partial charge in [-0.05, 0) is 78.2 Å². The molecule has 0 amide bonds. The van der Waals surface area contributed by atoms with E-state index in [9.17, 15) is 8.42 Å². The largest absolute Gasteiger partial charge is 1.00 e. The van der Waals surface area contributed by atoms with Crippen molar-refractivity contribution < 1.29 is 48.4 Å². The van der Waals surface area contributed by atoms with Crippen LogP contribution in [-0.4, -0.2) is 25.6 Å². The van der Waals surface area contributed by atoms with Gasteiger partial charge in [-0.2, -0.15) is 8.42 Å². The molecular weight excluding hydrogens is 667 g/mol. The van der Waals surface area contributed by atoms with Crippen LogP contribution in [0.2, 0.25) is 0 Å². The van der Waals surface area contributed by atoms with E-state index in [1.807, 2.05) is 24.3 Å². The van der Waals surface area contributed by atoms with Crippen molar-refractivity contribution in [2.75, 3.05) is 6.26 Å². The van der Waals surface area contributed by atoms with Crippen LogP contribution in [0.1, 0.15) is 22.3 Å². The van der Waals surface area contributed by atoms with Crippen molar-refractivity contribution in [2.45, 2.75) is 36.6 Å². The summed E-state index contributed by atoms with van der Waals surface area (Å²) >= 11 is 3.79. The van der Waals surface area contributed by atoms with E-state index >= 15 is 0 Å². The Morgan fingerprint density at radius 1 is 0.548 bits per heavy atom. The van der Waals surface area contributed by atoms with Gasteiger partial charge in [-0.15, -0.1) is 0 Å². The van der Waals surface area contributed by atoms with Gasteiger partial charge in [-0.25, -0.2) is 0 Å². The maximum absolute atomic E-state index is 11.4. The number of halogens is 2. The van der Waals surface area contributed by atoms with Gasteiger partial charge in [0.25, 0.3) is 10.1 Å². The maximum Gasteiger partial charge on any atom is 1.00 e. The van der Waals surface area contributed by atoms with Gasteiger partial charge in [0.05, 0.1) is 12.4 Å². The molecule has 3 nitrogen and oxygen atoms in total. The summed E-state index contributed by atoms with van der Waals surface area (Å²) in [4.78, 5) is 0.599. The molecule has 0 bridgehead atoms. The predicted octanol–water partition coefficient (Wildman–Crippen LogP) is 2.30. The molecule has 0 saturated carbocycles. The molecule has 42 heavy (non-hydrogen) atoms. The molecule has 2 aliphatic carbocycles. The van der Waals surface area contributed by atoms with Gasteiger partial charge < -0.3 is 17.0 Å². The van der Waals surface area contributed by atoms with Gasteiger partial charge in [0.1, 0.15) is 0 Å². The van der Waals surface area contributed by atoms with Crippen LogP contribution in [0.3, 0.4) is 0 Å². The third-order valence-electron chi connectivity index (χ3n) is 8.34. The number of benzene rings is 6. The third-order valence-corrected chi connectivity index (χ3v) is 9.61. The molecule has 0 unspecified atom stereocenters. The number of hydrogen-bond donors (Lipinski definition) is 0. The van der Waals surface area contributed by atoms with Crippen molar-refractivity contribution in [2.24, 2.45) is 0 Å². The molecule has 7 heteroatoms. The van der Waals surface area contributed by atoms with Crippen LogP contribution in [0.15, 0.2) is 97.1 Å². The number of fused-ring (bicyclic) bond motifs is 12. The summed E-state index contributed by atoms with van der Waals surface area (Å²) in [6.07, 6.45) is 4.42. The Kier molecular flexibility index (Phi) is 9.26. The van der Waals surface area contributed by atoms with E-state index in [1.54, 1.807) is 11.1 Å². The van der Waals surface area contributed by atoms with Crippen LogP contribution in [0.25, 0.3) is 43.1 Å². The van der Waals surface area contributed by atoms with Crippen molar-refractivity contribution in [1.82, 2.24) is 0 Å². The minimum absolute atomic E-state index is 0. The average molecular weight is 696 g/mol. The molecule has 0 fully saturated rings. The van der Waals surface area contributed by atoms with Gasteiger partial charge in [0.15, 0.2) is 0 Å². The van der Waals surface area contributed by atoms with E-state index in [4.69, 9.17) is 4.18 Å². The summed E-state index contributed by atoms with van der Waals surface area (Å²) in [5.74, 6) is 0. The Hall–Kier alpha value is -2.17. The van der Waals surface area contributed by atoms with Crippen LogP contribution in [-0.2, 0) is 40.0 Å². The van der Waals surface area contributed by atoms with Crippen LogP contribution < -0.4 is 35.8 Å². The van der Waals surface area contributed by atoms with Gasteiger partial charge in [-0.3, -0.25) is 4.18 Å². The second kappa shape index (κ2) is 12.4. The fourth-order valence-electron chi connectivity index (χ4n) is 6.87. The van der Waals surface area contributed by atoms with Crippen LogP contribution >= 0.6 is 15.9 Å². The molecule has 0 saturated heterocycles.